The summed E-state index contributed by atoms with van der Waals surface area (Å²) in [4.78, 5) is 43.0. The van der Waals surface area contributed by atoms with E-state index in [0.29, 0.717) is 0 Å². The van der Waals surface area contributed by atoms with Gasteiger partial charge in [-0.3, -0.25) is 19.2 Å². The van der Waals surface area contributed by atoms with E-state index in [1.54, 1.807) is 0 Å². The molecule has 0 aromatic carbocycles. The molecule has 26 heavy (non-hydrogen) atoms. The first kappa shape index (κ1) is 23.4. The predicted molar refractivity (Wildman–Crippen MR) is 47.9 cm³/mol. The molecule has 4 amide bonds. The van der Waals surface area contributed by atoms with Gasteiger partial charge in [-0.15, -0.1) is 0 Å². The molecule has 150 valence electrons. The second-order valence-corrected chi connectivity index (χ2v) is 3.84. The van der Waals surface area contributed by atoms with Crippen molar-refractivity contribution in [3.63, 3.8) is 0 Å². The quantitative estimate of drug-likeness (QED) is 0.447. The van der Waals surface area contributed by atoms with Crippen LogP contribution in [-0.4, -0.2) is 58.4 Å². The maximum atomic E-state index is 12.2. The Morgan fingerprint density at radius 1 is 0.385 bits per heavy atom. The Kier molecular flexibility index (Phi) is 5.98. The number of imide groups is 2. The van der Waals surface area contributed by atoms with Gasteiger partial charge in [-0.1, -0.05) is 0 Å². The van der Waals surface area contributed by atoms with E-state index in [9.17, 15) is 71.9 Å². The molecule has 0 rings (SSSR count). The highest BCUT2D eigenvalue weighted by Crippen LogP contribution is 2.31. The molecule has 18 heteroatoms. The summed E-state index contributed by atoms with van der Waals surface area (Å²) in [6, 6.07) is 0. The number of rotatable bonds is 0. The summed E-state index contributed by atoms with van der Waals surface area (Å²) in [5.41, 5.74) is 0. The van der Waals surface area contributed by atoms with Crippen molar-refractivity contribution in [3.8, 4) is 0 Å². The van der Waals surface area contributed by atoms with Gasteiger partial charge in [-0.25, -0.2) is 0 Å². The maximum absolute atomic E-state index is 12.2. The molecule has 0 fully saturated rings. The van der Waals surface area contributed by atoms with Crippen LogP contribution in [0.5, 0.6) is 0 Å². The van der Waals surface area contributed by atoms with Gasteiger partial charge in [0.15, 0.2) is 0 Å². The summed E-state index contributed by atoms with van der Waals surface area (Å²) in [6.07, 6.45) is -26.7. The fourth-order valence-corrected chi connectivity index (χ4v) is 1.03. The van der Waals surface area contributed by atoms with E-state index in [4.69, 9.17) is 0 Å². The molecule has 0 N–H and O–H groups in total. The van der Waals surface area contributed by atoms with Crippen LogP contribution in [0.15, 0.2) is 0 Å². The van der Waals surface area contributed by atoms with E-state index in [2.05, 4.69) is 0 Å². The lowest BCUT2D eigenvalue weighted by atomic mass is 10.4. The average Bonchev–Trinajstić information content (AvgIpc) is 2.37. The Morgan fingerprint density at radius 3 is 0.577 bits per heavy atom. The van der Waals surface area contributed by atoms with Crippen molar-refractivity contribution >= 4 is 23.6 Å². The summed E-state index contributed by atoms with van der Waals surface area (Å²) in [6.45, 7) is 0. The number of carbonyl (C=O) groups is 4. The van der Waals surface area contributed by atoms with Crippen molar-refractivity contribution in [1.29, 1.82) is 0 Å². The van der Waals surface area contributed by atoms with E-state index >= 15 is 0 Å². The second-order valence-electron chi connectivity index (χ2n) is 3.84. The highest BCUT2D eigenvalue weighted by molar-refractivity contribution is 6.08. The minimum absolute atomic E-state index is 2.92. The summed E-state index contributed by atoms with van der Waals surface area (Å²) < 4.78 is 146. The van der Waals surface area contributed by atoms with Crippen LogP contribution in [-0.2, 0) is 19.2 Å². The van der Waals surface area contributed by atoms with Gasteiger partial charge < -0.3 is 0 Å². The van der Waals surface area contributed by atoms with Gasteiger partial charge in [-0.2, -0.15) is 62.7 Å². The molecular weight excluding hydrogens is 416 g/mol. The highest BCUT2D eigenvalue weighted by atomic mass is 19.4. The zero-order valence-electron chi connectivity index (χ0n) is 11.1. The molecule has 0 heterocycles. The standard InChI is InChI=1S/C8F12N2O4/c9-5(10,11)1(23)21(2(24)6(12,13)14)22(3(25)7(15,16)17)4(26)8(18,19)20. The molecule has 0 saturated carbocycles. The summed E-state index contributed by atoms with van der Waals surface area (Å²) in [5, 5.41) is -5.85. The smallest absolute Gasteiger partial charge is 0.262 e. The largest absolute Gasteiger partial charge is 0.473 e. The Morgan fingerprint density at radius 2 is 0.500 bits per heavy atom. The molecule has 0 radical (unpaired) electrons. The first-order chi connectivity index (χ1) is 11.1. The molecule has 0 aromatic rings. The lowest BCUT2D eigenvalue weighted by Gasteiger charge is -2.32. The van der Waals surface area contributed by atoms with E-state index in [-0.39, 0.29) is 0 Å². The average molecular weight is 416 g/mol. The van der Waals surface area contributed by atoms with Gasteiger partial charge in [0.05, 0.1) is 0 Å². The first-order valence-electron chi connectivity index (χ1n) is 5.18. The highest BCUT2D eigenvalue weighted by Gasteiger charge is 2.62. The third-order valence-electron chi connectivity index (χ3n) is 1.94. The van der Waals surface area contributed by atoms with Crippen molar-refractivity contribution in [3.05, 3.63) is 0 Å². The van der Waals surface area contributed by atoms with E-state index in [1.165, 1.54) is 0 Å². The molecule has 0 atom stereocenters. The van der Waals surface area contributed by atoms with Gasteiger partial charge in [0.1, 0.15) is 0 Å². The molecule has 0 aliphatic carbocycles. The molecule has 0 saturated heterocycles. The second kappa shape index (κ2) is 6.63. The number of halogens is 12. The number of hydrazine groups is 1. The predicted octanol–water partition coefficient (Wildman–Crippen LogP) is 1.86. The molecule has 0 aromatic heterocycles. The van der Waals surface area contributed by atoms with Crippen molar-refractivity contribution in [2.45, 2.75) is 24.7 Å². The monoisotopic (exact) mass is 416 g/mol. The van der Waals surface area contributed by atoms with Crippen LogP contribution in [0.4, 0.5) is 52.7 Å². The van der Waals surface area contributed by atoms with Gasteiger partial charge in [0.2, 0.25) is 0 Å². The van der Waals surface area contributed by atoms with E-state index < -0.39 is 58.4 Å². The SMILES string of the molecule is O=C(N(C(=O)C(F)(F)F)N(C(=O)C(F)(F)F)C(=O)C(F)(F)F)C(F)(F)F. The van der Waals surface area contributed by atoms with Crippen LogP contribution in [0.2, 0.25) is 0 Å². The van der Waals surface area contributed by atoms with Crippen LogP contribution in [0.25, 0.3) is 0 Å². The molecule has 0 spiro atoms. The van der Waals surface area contributed by atoms with E-state index in [1.807, 2.05) is 0 Å². The van der Waals surface area contributed by atoms with Crippen molar-refractivity contribution < 1.29 is 71.9 Å². The van der Waals surface area contributed by atoms with Crippen molar-refractivity contribution in [2.24, 2.45) is 0 Å². The number of hydrogen-bond acceptors (Lipinski definition) is 4. The lowest BCUT2D eigenvalue weighted by Crippen LogP contribution is -2.65. The fraction of sp³-hybridized carbons (Fsp3) is 0.500. The van der Waals surface area contributed by atoms with Gasteiger partial charge in [0.25, 0.3) is 0 Å². The normalized spacial score (nSPS) is 13.2. The van der Waals surface area contributed by atoms with Crippen LogP contribution < -0.4 is 0 Å². The minimum atomic E-state index is -6.68. The summed E-state index contributed by atoms with van der Waals surface area (Å²) in [5.74, 6) is -17.2. The number of amides is 4. The van der Waals surface area contributed by atoms with Crippen molar-refractivity contribution in [1.82, 2.24) is 10.0 Å². The maximum Gasteiger partial charge on any atom is 0.473 e. The lowest BCUT2D eigenvalue weighted by molar-refractivity contribution is -0.242. The summed E-state index contributed by atoms with van der Waals surface area (Å²) >= 11 is 0. The van der Waals surface area contributed by atoms with Crippen molar-refractivity contribution in [2.75, 3.05) is 0 Å². The molecule has 0 bridgehead atoms. The Hall–Kier alpha value is -2.56. The Labute approximate surface area is 131 Å². The third kappa shape index (κ3) is 5.22. The van der Waals surface area contributed by atoms with Crippen LogP contribution in [0.1, 0.15) is 0 Å². The molecule has 0 aliphatic heterocycles. The number of nitrogens with zero attached hydrogens (tertiary/aromatic N) is 2. The minimum Gasteiger partial charge on any atom is -0.262 e. The van der Waals surface area contributed by atoms with Gasteiger partial charge >= 0.3 is 48.3 Å². The number of hydrogen-bond donors (Lipinski definition) is 0. The van der Waals surface area contributed by atoms with Gasteiger partial charge in [-0.05, 0) is 0 Å². The zero-order chi connectivity index (χ0) is 21.5. The van der Waals surface area contributed by atoms with Crippen LogP contribution in [0, 0.1) is 0 Å². The van der Waals surface area contributed by atoms with Gasteiger partial charge in [0, 0.05) is 0 Å². The fourth-order valence-electron chi connectivity index (χ4n) is 1.03. The topological polar surface area (TPSA) is 74.8 Å². The van der Waals surface area contributed by atoms with Crippen LogP contribution in [0.3, 0.4) is 0 Å². The Balaban J connectivity index is 6.72. The van der Waals surface area contributed by atoms with E-state index in [0.717, 1.165) is 0 Å². The van der Waals surface area contributed by atoms with Crippen LogP contribution >= 0.6 is 0 Å². The molecule has 6 nitrogen and oxygen atoms in total. The zero-order valence-corrected chi connectivity index (χ0v) is 11.1. The molecule has 0 aliphatic rings. The molecule has 0 unspecified atom stereocenters. The summed E-state index contributed by atoms with van der Waals surface area (Å²) in [7, 11) is 0. The molecular formula is C8F12N2O4. The number of alkyl halides is 12. The number of carbonyl (C=O) groups excluding carboxylic acids is 4. The first-order valence-corrected chi connectivity index (χ1v) is 5.18. The third-order valence-corrected chi connectivity index (χ3v) is 1.94. The Bertz CT molecular complexity index is 507.